The number of hydrogen-bond acceptors (Lipinski definition) is 9. The van der Waals surface area contributed by atoms with E-state index in [9.17, 15) is 10.1 Å². The van der Waals surface area contributed by atoms with Crippen molar-refractivity contribution in [3.8, 4) is 23.2 Å². The van der Waals surface area contributed by atoms with E-state index in [0.717, 1.165) is 5.56 Å². The number of benzene rings is 1. The maximum absolute atomic E-state index is 13.5. The molecule has 10 nitrogen and oxygen atoms in total. The summed E-state index contributed by atoms with van der Waals surface area (Å²) < 4.78 is 17.8. The Morgan fingerprint density at radius 1 is 1.18 bits per heavy atom. The number of anilines is 3. The number of methoxy groups -OCH3 is 1. The first-order chi connectivity index (χ1) is 20.4. The van der Waals surface area contributed by atoms with Gasteiger partial charge in [0.05, 0.1) is 29.1 Å². The Hall–Kier alpha value is -3.72. The number of nitrogens with zero attached hydrogens (tertiary/aromatic N) is 5. The standard InChI is InChI=1S/C32H41ClN6O4Si/c1-30(2,3)43-29(40)39-18-32(7,19-42-44(9,10)31(4,5)6)23-14-20(13-21(16-34)26(23)39)24-11-12-35-28(37-24)38-25-15-22(33)17-36-27(25)41-8/h11-15,17H,18-19H2,1-10H3,(H,35,37,38)/t32-/m0/s1. The van der Waals surface area contributed by atoms with Gasteiger partial charge in [-0.05, 0) is 68.7 Å². The van der Waals surface area contributed by atoms with Crippen LogP contribution in [0.1, 0.15) is 59.6 Å². The summed E-state index contributed by atoms with van der Waals surface area (Å²) in [5.74, 6) is 0.635. The summed E-state index contributed by atoms with van der Waals surface area (Å²) in [6, 6.07) is 9.49. The second kappa shape index (κ2) is 12.0. The van der Waals surface area contributed by atoms with Crippen molar-refractivity contribution in [2.75, 3.05) is 30.5 Å². The van der Waals surface area contributed by atoms with Gasteiger partial charge in [-0.1, -0.05) is 39.3 Å². The van der Waals surface area contributed by atoms with Crippen molar-refractivity contribution in [2.24, 2.45) is 0 Å². The van der Waals surface area contributed by atoms with E-state index in [2.05, 4.69) is 62.1 Å². The molecule has 1 amide bonds. The number of ether oxygens (including phenoxy) is 2. The number of amides is 1. The zero-order valence-electron chi connectivity index (χ0n) is 27.1. The summed E-state index contributed by atoms with van der Waals surface area (Å²) in [5.41, 5.74) is 2.17. The SMILES string of the molecule is COc1ncc(Cl)cc1Nc1nccc(-c2cc(C#N)c3c(c2)[C@](C)(CO[Si](C)(C)C(C)(C)C)CN3C(=O)OC(C)(C)C)n1. The molecule has 0 saturated heterocycles. The Morgan fingerprint density at radius 3 is 2.50 bits per heavy atom. The first kappa shape index (κ1) is 33.2. The normalized spacial score (nSPS) is 16.7. The van der Waals surface area contributed by atoms with Crippen LogP contribution in [-0.2, 0) is 14.6 Å². The molecule has 3 aromatic rings. The number of carbonyl (C=O) groups excluding carboxylic acids is 1. The van der Waals surface area contributed by atoms with Gasteiger partial charge in [0.1, 0.15) is 17.4 Å². The van der Waals surface area contributed by atoms with Crippen molar-refractivity contribution in [1.29, 1.82) is 5.26 Å². The molecule has 44 heavy (non-hydrogen) atoms. The van der Waals surface area contributed by atoms with Gasteiger partial charge in [-0.25, -0.2) is 19.7 Å². The van der Waals surface area contributed by atoms with Crippen LogP contribution in [0.15, 0.2) is 36.7 Å². The fourth-order valence-corrected chi connectivity index (χ4v) is 5.93. The Morgan fingerprint density at radius 2 is 1.89 bits per heavy atom. The molecule has 1 N–H and O–H groups in total. The Labute approximate surface area is 265 Å². The van der Waals surface area contributed by atoms with Crippen LogP contribution in [0.2, 0.25) is 23.2 Å². The molecule has 0 radical (unpaired) electrons. The lowest BCUT2D eigenvalue weighted by atomic mass is 9.83. The molecule has 1 aliphatic rings. The molecule has 0 aliphatic carbocycles. The highest BCUT2D eigenvalue weighted by Gasteiger charge is 2.47. The largest absolute Gasteiger partial charge is 0.480 e. The molecule has 12 heteroatoms. The lowest BCUT2D eigenvalue weighted by Gasteiger charge is -2.39. The highest BCUT2D eigenvalue weighted by Crippen LogP contribution is 2.47. The van der Waals surface area contributed by atoms with Crippen molar-refractivity contribution in [3.05, 3.63) is 52.8 Å². The van der Waals surface area contributed by atoms with Gasteiger partial charge in [-0.3, -0.25) is 4.90 Å². The van der Waals surface area contributed by atoms with E-state index in [4.69, 9.17) is 30.5 Å². The molecule has 234 valence electrons. The van der Waals surface area contributed by atoms with Gasteiger partial charge in [0.25, 0.3) is 0 Å². The highest BCUT2D eigenvalue weighted by molar-refractivity contribution is 6.74. The zero-order chi connectivity index (χ0) is 32.7. The van der Waals surface area contributed by atoms with Crippen LogP contribution in [0.4, 0.5) is 22.1 Å². The van der Waals surface area contributed by atoms with Gasteiger partial charge in [0.15, 0.2) is 8.32 Å². The molecule has 3 heterocycles. The minimum atomic E-state index is -2.14. The number of hydrogen-bond donors (Lipinski definition) is 1. The van der Waals surface area contributed by atoms with Crippen molar-refractivity contribution in [3.63, 3.8) is 0 Å². The Bertz CT molecular complexity index is 1610. The van der Waals surface area contributed by atoms with Crippen LogP contribution in [0.5, 0.6) is 5.88 Å². The maximum Gasteiger partial charge on any atom is 0.414 e. The first-order valence-electron chi connectivity index (χ1n) is 14.4. The van der Waals surface area contributed by atoms with Crippen LogP contribution >= 0.6 is 11.6 Å². The van der Waals surface area contributed by atoms with Gasteiger partial charge >= 0.3 is 6.09 Å². The number of halogens is 1. The third-order valence-corrected chi connectivity index (χ3v) is 12.7. The van der Waals surface area contributed by atoms with Crippen molar-refractivity contribution < 1.29 is 18.7 Å². The number of nitrogens with one attached hydrogen (secondary N) is 1. The molecular formula is C32H41ClN6O4Si. The smallest absolute Gasteiger partial charge is 0.414 e. The average molecular weight is 637 g/mol. The lowest BCUT2D eigenvalue weighted by molar-refractivity contribution is 0.0575. The summed E-state index contributed by atoms with van der Waals surface area (Å²) >= 11 is 6.16. The van der Waals surface area contributed by atoms with Crippen molar-refractivity contribution >= 4 is 43.3 Å². The van der Waals surface area contributed by atoms with Crippen molar-refractivity contribution in [1.82, 2.24) is 15.0 Å². The Kier molecular flexibility index (Phi) is 9.04. The van der Waals surface area contributed by atoms with Gasteiger partial charge < -0.3 is 19.2 Å². The van der Waals surface area contributed by atoms with Gasteiger partial charge in [0, 0.05) is 36.5 Å². The average Bonchev–Trinajstić information content (AvgIpc) is 3.23. The number of rotatable bonds is 7. The molecule has 0 bridgehead atoms. The number of pyridine rings is 1. The second-order valence-corrected chi connectivity index (χ2v) is 19.1. The van der Waals surface area contributed by atoms with E-state index in [0.29, 0.717) is 58.2 Å². The minimum absolute atomic E-state index is 0.000844. The molecule has 4 rings (SSSR count). The first-order valence-corrected chi connectivity index (χ1v) is 17.7. The molecule has 0 spiro atoms. The topological polar surface area (TPSA) is 122 Å². The van der Waals surface area contributed by atoms with E-state index in [1.807, 2.05) is 26.8 Å². The van der Waals surface area contributed by atoms with Crippen LogP contribution in [0.3, 0.4) is 0 Å². The van der Waals surface area contributed by atoms with Crippen LogP contribution in [-0.4, -0.2) is 55.2 Å². The number of fused-ring (bicyclic) bond motifs is 1. The van der Waals surface area contributed by atoms with E-state index in [1.54, 1.807) is 29.3 Å². The molecule has 1 atom stereocenters. The summed E-state index contributed by atoms with van der Waals surface area (Å²) in [6.07, 6.45) is 2.61. The lowest BCUT2D eigenvalue weighted by Crippen LogP contribution is -2.46. The number of carbonyl (C=O) groups is 1. The third kappa shape index (κ3) is 6.98. The van der Waals surface area contributed by atoms with Crippen LogP contribution in [0.25, 0.3) is 11.3 Å². The molecule has 1 aliphatic heterocycles. The van der Waals surface area contributed by atoms with Crippen LogP contribution < -0.4 is 15.0 Å². The van der Waals surface area contributed by atoms with Crippen molar-refractivity contribution in [2.45, 2.75) is 77.6 Å². The van der Waals surface area contributed by atoms with Gasteiger partial charge in [0.2, 0.25) is 11.8 Å². The fraction of sp³-hybridized carbons (Fsp3) is 0.469. The number of aromatic nitrogens is 3. The molecule has 0 unspecified atom stereocenters. The molecule has 1 aromatic carbocycles. The molecular weight excluding hydrogens is 596 g/mol. The van der Waals surface area contributed by atoms with E-state index in [-0.39, 0.29) is 5.04 Å². The maximum atomic E-state index is 13.5. The Balaban J connectivity index is 1.80. The molecule has 0 saturated carbocycles. The summed E-state index contributed by atoms with van der Waals surface area (Å²) in [4.78, 5) is 28.3. The highest BCUT2D eigenvalue weighted by atomic mass is 35.5. The predicted octanol–water partition coefficient (Wildman–Crippen LogP) is 7.85. The monoisotopic (exact) mass is 636 g/mol. The minimum Gasteiger partial charge on any atom is -0.480 e. The fourth-order valence-electron chi connectivity index (χ4n) is 4.66. The van der Waals surface area contributed by atoms with Gasteiger partial charge in [-0.2, -0.15) is 5.26 Å². The van der Waals surface area contributed by atoms with E-state index >= 15 is 0 Å². The van der Waals surface area contributed by atoms with E-state index in [1.165, 1.54) is 13.3 Å². The summed E-state index contributed by atoms with van der Waals surface area (Å²) in [7, 11) is -0.625. The van der Waals surface area contributed by atoms with E-state index < -0.39 is 25.4 Å². The number of nitriles is 1. The second-order valence-electron chi connectivity index (χ2n) is 13.8. The molecule has 0 fully saturated rings. The zero-order valence-corrected chi connectivity index (χ0v) is 28.9. The quantitative estimate of drug-likeness (QED) is 0.258. The summed E-state index contributed by atoms with van der Waals surface area (Å²) in [6.45, 7) is 19.2. The third-order valence-electron chi connectivity index (χ3n) is 8.04. The van der Waals surface area contributed by atoms with Crippen LogP contribution in [0, 0.1) is 11.3 Å². The summed E-state index contributed by atoms with van der Waals surface area (Å²) in [5, 5.41) is 13.9. The van der Waals surface area contributed by atoms with Gasteiger partial charge in [-0.15, -0.1) is 0 Å². The predicted molar refractivity (Wildman–Crippen MR) is 175 cm³/mol. The molecule has 2 aromatic heterocycles.